The third-order valence-corrected chi connectivity index (χ3v) is 5.91. The molecule has 0 aromatic carbocycles. The standard InChI is InChI=1S/C23H25N3O3/c1-3-7-18(4-2)23(16-24)9-12-25(13-10-23)15-17-14-19(22(28)29)21(27)26-11-6-5-8-20(17)26/h3-8,11,19H,1-2,9-10,12-15H2,(H,28,29)/b18-7+. The maximum atomic E-state index is 12.5. The van der Waals surface area contributed by atoms with E-state index in [0.717, 1.165) is 16.8 Å². The highest BCUT2D eigenvalue weighted by Gasteiger charge is 2.40. The van der Waals surface area contributed by atoms with Crippen LogP contribution in [0.25, 0.3) is 0 Å². The normalized spacial score (nSPS) is 24.1. The maximum absolute atomic E-state index is 12.5. The molecule has 29 heavy (non-hydrogen) atoms. The molecule has 0 aliphatic carbocycles. The van der Waals surface area contributed by atoms with Gasteiger partial charge in [-0.15, -0.1) is 0 Å². The summed E-state index contributed by atoms with van der Waals surface area (Å²) >= 11 is 0. The molecule has 150 valence electrons. The zero-order chi connectivity index (χ0) is 21.0. The van der Waals surface area contributed by atoms with E-state index in [2.05, 4.69) is 24.1 Å². The van der Waals surface area contributed by atoms with Crippen LogP contribution in [0.1, 0.15) is 19.3 Å². The number of carboxylic acid groups (broad SMARTS) is 1. The molecule has 3 rings (SSSR count). The molecule has 0 aromatic heterocycles. The third-order valence-electron chi connectivity index (χ3n) is 5.91. The summed E-state index contributed by atoms with van der Waals surface area (Å²) in [5.74, 6) is -2.55. The van der Waals surface area contributed by atoms with E-state index in [9.17, 15) is 20.0 Å². The summed E-state index contributed by atoms with van der Waals surface area (Å²) in [7, 11) is 0. The number of likely N-dealkylation sites (tertiary alicyclic amines) is 1. The first-order chi connectivity index (χ1) is 14.0. The quantitative estimate of drug-likeness (QED) is 0.555. The highest BCUT2D eigenvalue weighted by Crippen LogP contribution is 2.40. The molecule has 6 heteroatoms. The first-order valence-corrected chi connectivity index (χ1v) is 9.68. The van der Waals surface area contributed by atoms with Crippen LogP contribution >= 0.6 is 0 Å². The summed E-state index contributed by atoms with van der Waals surface area (Å²) < 4.78 is 0. The molecule has 3 aliphatic heterocycles. The van der Waals surface area contributed by atoms with E-state index in [4.69, 9.17) is 0 Å². The molecule has 1 amide bonds. The zero-order valence-electron chi connectivity index (χ0n) is 16.4. The van der Waals surface area contributed by atoms with Crippen molar-refractivity contribution < 1.29 is 14.7 Å². The lowest BCUT2D eigenvalue weighted by atomic mass is 9.73. The molecular formula is C23H25N3O3. The number of carbonyl (C=O) groups excluding carboxylic acids is 1. The number of fused-ring (bicyclic) bond motifs is 1. The van der Waals surface area contributed by atoms with Crippen molar-refractivity contribution in [3.05, 3.63) is 72.7 Å². The predicted molar refractivity (Wildman–Crippen MR) is 110 cm³/mol. The van der Waals surface area contributed by atoms with Crippen LogP contribution in [0.4, 0.5) is 0 Å². The Labute approximate surface area is 171 Å². The van der Waals surface area contributed by atoms with Crippen molar-refractivity contribution in [1.29, 1.82) is 5.26 Å². The first-order valence-electron chi connectivity index (χ1n) is 9.68. The van der Waals surface area contributed by atoms with Crippen molar-refractivity contribution in [2.75, 3.05) is 19.6 Å². The van der Waals surface area contributed by atoms with Crippen molar-refractivity contribution >= 4 is 11.9 Å². The van der Waals surface area contributed by atoms with E-state index in [0.29, 0.717) is 32.5 Å². The molecule has 0 spiro atoms. The maximum Gasteiger partial charge on any atom is 0.316 e. The van der Waals surface area contributed by atoms with Crippen molar-refractivity contribution in [3.8, 4) is 6.07 Å². The Morgan fingerprint density at radius 1 is 1.34 bits per heavy atom. The number of rotatable bonds is 6. The monoisotopic (exact) mass is 391 g/mol. The fourth-order valence-electron chi connectivity index (χ4n) is 4.25. The minimum Gasteiger partial charge on any atom is -0.481 e. The highest BCUT2D eigenvalue weighted by atomic mass is 16.4. The second kappa shape index (κ2) is 8.46. The van der Waals surface area contributed by atoms with Gasteiger partial charge in [0.1, 0.15) is 5.92 Å². The number of nitriles is 1. The summed E-state index contributed by atoms with van der Waals surface area (Å²) in [6.45, 7) is 9.56. The van der Waals surface area contributed by atoms with E-state index in [-0.39, 0.29) is 6.42 Å². The average Bonchev–Trinajstić information content (AvgIpc) is 2.74. The van der Waals surface area contributed by atoms with E-state index >= 15 is 0 Å². The third kappa shape index (κ3) is 3.87. The van der Waals surface area contributed by atoms with Crippen molar-refractivity contribution in [2.24, 2.45) is 11.3 Å². The van der Waals surface area contributed by atoms with Crippen LogP contribution in [-0.2, 0) is 9.59 Å². The fraction of sp³-hybridized carbons (Fsp3) is 0.348. The minimum absolute atomic E-state index is 0.215. The molecule has 0 saturated carbocycles. The van der Waals surface area contributed by atoms with Gasteiger partial charge in [-0.3, -0.25) is 19.4 Å². The number of piperidine rings is 1. The van der Waals surface area contributed by atoms with Crippen LogP contribution in [0.5, 0.6) is 0 Å². The number of carboxylic acids is 1. The van der Waals surface area contributed by atoms with Crippen molar-refractivity contribution in [3.63, 3.8) is 0 Å². The lowest BCUT2D eigenvalue weighted by molar-refractivity contribution is -0.149. The Hall–Kier alpha value is -3.17. The van der Waals surface area contributed by atoms with Crippen LogP contribution in [0.15, 0.2) is 72.7 Å². The van der Waals surface area contributed by atoms with Gasteiger partial charge in [-0.1, -0.05) is 37.5 Å². The zero-order valence-corrected chi connectivity index (χ0v) is 16.4. The summed E-state index contributed by atoms with van der Waals surface area (Å²) in [4.78, 5) is 27.7. The topological polar surface area (TPSA) is 84.6 Å². The summed E-state index contributed by atoms with van der Waals surface area (Å²) in [5, 5.41) is 19.3. The number of hydrogen-bond donors (Lipinski definition) is 1. The summed E-state index contributed by atoms with van der Waals surface area (Å²) in [6, 6.07) is 2.47. The highest BCUT2D eigenvalue weighted by molar-refractivity contribution is 5.99. The molecule has 1 unspecified atom stereocenters. The molecule has 6 nitrogen and oxygen atoms in total. The Kier molecular flexibility index (Phi) is 6.00. The Morgan fingerprint density at radius 3 is 2.66 bits per heavy atom. The van der Waals surface area contributed by atoms with Gasteiger partial charge in [0.2, 0.25) is 5.91 Å². The molecule has 1 atom stereocenters. The van der Waals surface area contributed by atoms with Crippen LogP contribution in [0.3, 0.4) is 0 Å². The number of amides is 1. The van der Waals surface area contributed by atoms with Crippen LogP contribution in [-0.4, -0.2) is 46.4 Å². The van der Waals surface area contributed by atoms with Gasteiger partial charge in [0, 0.05) is 31.5 Å². The molecule has 0 radical (unpaired) electrons. The predicted octanol–water partition coefficient (Wildman–Crippen LogP) is 3.16. The minimum atomic E-state index is -1.10. The summed E-state index contributed by atoms with van der Waals surface area (Å²) in [5.41, 5.74) is 2.02. The number of aliphatic carboxylic acids is 1. The van der Waals surface area contributed by atoms with Crippen LogP contribution in [0.2, 0.25) is 0 Å². The average molecular weight is 391 g/mol. The van der Waals surface area contributed by atoms with Gasteiger partial charge in [0.05, 0.1) is 11.5 Å². The van der Waals surface area contributed by atoms with Gasteiger partial charge in [-0.2, -0.15) is 5.26 Å². The molecule has 1 fully saturated rings. The van der Waals surface area contributed by atoms with Crippen LogP contribution < -0.4 is 0 Å². The molecule has 3 aliphatic rings. The van der Waals surface area contributed by atoms with Gasteiger partial charge in [0.15, 0.2) is 0 Å². The van der Waals surface area contributed by atoms with Crippen LogP contribution in [0, 0.1) is 22.7 Å². The van der Waals surface area contributed by atoms with Gasteiger partial charge >= 0.3 is 5.97 Å². The van der Waals surface area contributed by atoms with Gasteiger partial charge in [-0.25, -0.2) is 0 Å². The van der Waals surface area contributed by atoms with Crippen molar-refractivity contribution in [1.82, 2.24) is 9.80 Å². The fourth-order valence-corrected chi connectivity index (χ4v) is 4.25. The number of nitrogens with zero attached hydrogens (tertiary/aromatic N) is 3. The van der Waals surface area contributed by atoms with Gasteiger partial charge in [0.25, 0.3) is 0 Å². The largest absolute Gasteiger partial charge is 0.481 e. The Morgan fingerprint density at radius 2 is 2.07 bits per heavy atom. The van der Waals surface area contributed by atoms with E-state index in [1.54, 1.807) is 24.4 Å². The molecule has 1 saturated heterocycles. The van der Waals surface area contributed by atoms with Crippen molar-refractivity contribution in [2.45, 2.75) is 19.3 Å². The smallest absolute Gasteiger partial charge is 0.316 e. The van der Waals surface area contributed by atoms with E-state index < -0.39 is 23.2 Å². The lowest BCUT2D eigenvalue weighted by Gasteiger charge is -2.40. The number of allylic oxidation sites excluding steroid dienone is 7. The Balaban J connectivity index is 1.79. The second-order valence-corrected chi connectivity index (χ2v) is 7.52. The molecule has 0 bridgehead atoms. The Bertz CT molecular complexity index is 893. The first kappa shape index (κ1) is 20.6. The van der Waals surface area contributed by atoms with Gasteiger partial charge < -0.3 is 5.11 Å². The molecular weight excluding hydrogens is 366 g/mol. The SMILES string of the molecule is C=C/C=C(\C=C)C1(C#N)CCN(CC2=C3C=CC=CN3C(=O)C(C(=O)O)C2)CC1. The molecule has 1 N–H and O–H groups in total. The molecule has 3 heterocycles. The van der Waals surface area contributed by atoms with Gasteiger partial charge in [-0.05, 0) is 42.6 Å². The number of carbonyl (C=O) groups is 2. The van der Waals surface area contributed by atoms with E-state index in [1.807, 2.05) is 18.2 Å². The second-order valence-electron chi connectivity index (χ2n) is 7.52. The molecule has 0 aromatic rings. The number of hydrogen-bond acceptors (Lipinski definition) is 4. The lowest BCUT2D eigenvalue weighted by Crippen LogP contribution is -2.45. The summed E-state index contributed by atoms with van der Waals surface area (Å²) in [6.07, 6.45) is 13.9. The van der Waals surface area contributed by atoms with E-state index in [1.165, 1.54) is 4.90 Å².